The van der Waals surface area contributed by atoms with E-state index in [1.807, 2.05) is 0 Å². The van der Waals surface area contributed by atoms with E-state index in [4.69, 9.17) is 16.1 Å². The van der Waals surface area contributed by atoms with Crippen LogP contribution in [0.2, 0.25) is 5.02 Å². The van der Waals surface area contributed by atoms with Crippen LogP contribution in [0, 0.1) is 6.92 Å². The average molecular weight is 438 g/mol. The molecule has 1 heterocycles. The number of rotatable bonds is 7. The Morgan fingerprint density at radius 3 is 2.61 bits per heavy atom. The monoisotopic (exact) mass is 437 g/mol. The molecule has 0 saturated carbocycles. The lowest BCUT2D eigenvalue weighted by atomic mass is 10.2. The van der Waals surface area contributed by atoms with Crippen LogP contribution < -0.4 is 5.32 Å². The van der Waals surface area contributed by atoms with Gasteiger partial charge in [-0.05, 0) is 25.1 Å². The van der Waals surface area contributed by atoms with Crippen molar-refractivity contribution in [2.45, 2.75) is 18.0 Å². The third-order valence-electron chi connectivity index (χ3n) is 3.43. The summed E-state index contributed by atoms with van der Waals surface area (Å²) in [6.45, 7) is 4.02. The van der Waals surface area contributed by atoms with Crippen LogP contribution in [-0.4, -0.2) is 36.9 Å². The maximum atomic E-state index is 13.0. The van der Waals surface area contributed by atoms with Gasteiger partial charge < -0.3 is 9.84 Å². The molecule has 0 aliphatic carbocycles. The molecule has 12 heteroatoms. The number of aromatic nitrogens is 1. The van der Waals surface area contributed by atoms with Gasteiger partial charge in [-0.1, -0.05) is 22.8 Å². The minimum Gasteiger partial charge on any atom is -0.360 e. The Morgan fingerprint density at radius 2 is 2.07 bits per heavy atom. The highest BCUT2D eigenvalue weighted by molar-refractivity contribution is 7.89. The predicted molar refractivity (Wildman–Crippen MR) is 95.3 cm³/mol. The molecule has 0 aliphatic heterocycles. The standard InChI is InChI=1S/C16H15ClF3N3O4S/c1-3-6-23(9-15(24)21-14-7-10(2)27-22-14)28(25,26)11-4-5-13(17)12(8-11)16(18,19)20/h3-5,7-8H,1,6,9H2,2H3,(H,21,22,24). The summed E-state index contributed by atoms with van der Waals surface area (Å²) in [6.07, 6.45) is -3.64. The SMILES string of the molecule is C=CCN(CC(=O)Nc1cc(C)on1)S(=O)(=O)c1ccc(Cl)c(C(F)(F)F)c1. The number of nitrogens with one attached hydrogen (secondary N) is 1. The highest BCUT2D eigenvalue weighted by Crippen LogP contribution is 2.36. The van der Waals surface area contributed by atoms with E-state index in [1.54, 1.807) is 6.92 Å². The van der Waals surface area contributed by atoms with Gasteiger partial charge in [0.05, 0.1) is 22.0 Å². The van der Waals surface area contributed by atoms with Crippen LogP contribution in [0.25, 0.3) is 0 Å². The third-order valence-corrected chi connectivity index (χ3v) is 5.57. The van der Waals surface area contributed by atoms with E-state index in [1.165, 1.54) is 12.1 Å². The number of sulfonamides is 1. The van der Waals surface area contributed by atoms with Crippen molar-refractivity contribution in [2.75, 3.05) is 18.4 Å². The number of aryl methyl sites for hydroxylation is 1. The molecular formula is C16H15ClF3N3O4S. The quantitative estimate of drug-likeness (QED) is 0.669. The first-order valence-corrected chi connectivity index (χ1v) is 9.48. The number of alkyl halides is 3. The van der Waals surface area contributed by atoms with Crippen molar-refractivity contribution >= 4 is 33.3 Å². The number of nitrogens with zero attached hydrogens (tertiary/aromatic N) is 2. The van der Waals surface area contributed by atoms with Crippen molar-refractivity contribution in [3.8, 4) is 0 Å². The van der Waals surface area contributed by atoms with Gasteiger partial charge in [-0.25, -0.2) is 8.42 Å². The summed E-state index contributed by atoms with van der Waals surface area (Å²) < 4.78 is 70.1. The van der Waals surface area contributed by atoms with E-state index in [-0.39, 0.29) is 12.4 Å². The minimum absolute atomic E-state index is 0.0734. The first-order valence-electron chi connectivity index (χ1n) is 7.66. The fourth-order valence-electron chi connectivity index (χ4n) is 2.19. The van der Waals surface area contributed by atoms with Gasteiger partial charge in [-0.15, -0.1) is 6.58 Å². The summed E-state index contributed by atoms with van der Waals surface area (Å²) in [7, 11) is -4.45. The number of carbonyl (C=O) groups is 1. The van der Waals surface area contributed by atoms with Crippen molar-refractivity contribution in [2.24, 2.45) is 0 Å². The molecule has 0 atom stereocenters. The average Bonchev–Trinajstić information content (AvgIpc) is 2.98. The lowest BCUT2D eigenvalue weighted by Crippen LogP contribution is -2.38. The molecule has 0 fully saturated rings. The minimum atomic E-state index is -4.84. The Morgan fingerprint density at radius 1 is 1.39 bits per heavy atom. The molecule has 1 aromatic heterocycles. The molecular weight excluding hydrogens is 423 g/mol. The Kier molecular flexibility index (Phi) is 6.52. The molecule has 2 aromatic rings. The van der Waals surface area contributed by atoms with Gasteiger partial charge in [0.2, 0.25) is 15.9 Å². The van der Waals surface area contributed by atoms with Crippen molar-refractivity contribution in [3.63, 3.8) is 0 Å². The molecule has 0 aliphatic rings. The van der Waals surface area contributed by atoms with E-state index in [0.29, 0.717) is 16.1 Å². The summed E-state index contributed by atoms with van der Waals surface area (Å²) in [6, 6.07) is 3.61. The molecule has 28 heavy (non-hydrogen) atoms. The van der Waals surface area contributed by atoms with Crippen molar-refractivity contribution < 1.29 is 30.9 Å². The van der Waals surface area contributed by atoms with E-state index < -0.39 is 44.1 Å². The van der Waals surface area contributed by atoms with Crippen molar-refractivity contribution in [1.82, 2.24) is 9.46 Å². The first kappa shape index (κ1) is 21.9. The zero-order valence-electron chi connectivity index (χ0n) is 14.5. The van der Waals surface area contributed by atoms with Gasteiger partial charge in [-0.2, -0.15) is 17.5 Å². The number of amides is 1. The Bertz CT molecular complexity index is 989. The molecule has 1 aromatic carbocycles. The zero-order chi connectivity index (χ0) is 21.1. The van der Waals surface area contributed by atoms with Crippen LogP contribution in [-0.2, 0) is 21.0 Å². The van der Waals surface area contributed by atoms with Gasteiger partial charge in [0.25, 0.3) is 0 Å². The molecule has 0 spiro atoms. The molecule has 0 radical (unpaired) electrons. The fourth-order valence-corrected chi connectivity index (χ4v) is 3.81. The van der Waals surface area contributed by atoms with Gasteiger partial charge in [-0.3, -0.25) is 4.79 Å². The number of halogens is 4. The van der Waals surface area contributed by atoms with Crippen LogP contribution in [0.15, 0.2) is 46.3 Å². The van der Waals surface area contributed by atoms with Gasteiger partial charge in [0, 0.05) is 12.6 Å². The summed E-state index contributed by atoms with van der Waals surface area (Å²) in [5.41, 5.74) is -1.30. The molecule has 152 valence electrons. The topological polar surface area (TPSA) is 92.5 Å². The van der Waals surface area contributed by atoms with Gasteiger partial charge >= 0.3 is 6.18 Å². The highest BCUT2D eigenvalue weighted by atomic mass is 35.5. The highest BCUT2D eigenvalue weighted by Gasteiger charge is 2.35. The zero-order valence-corrected chi connectivity index (χ0v) is 16.0. The fraction of sp³-hybridized carbons (Fsp3) is 0.250. The van der Waals surface area contributed by atoms with Crippen molar-refractivity contribution in [3.05, 3.63) is 53.3 Å². The second-order valence-corrected chi connectivity index (χ2v) is 7.94. The van der Waals surface area contributed by atoms with E-state index in [0.717, 1.165) is 12.1 Å². The predicted octanol–water partition coefficient (Wildman–Crippen LogP) is 3.47. The summed E-state index contributed by atoms with van der Waals surface area (Å²) in [4.78, 5) is 11.5. The summed E-state index contributed by atoms with van der Waals surface area (Å²) in [5, 5.41) is 5.24. The number of hydrogen-bond acceptors (Lipinski definition) is 5. The molecule has 0 unspecified atom stereocenters. The maximum Gasteiger partial charge on any atom is 0.417 e. The summed E-state index contributed by atoms with van der Waals surface area (Å²) in [5.74, 6) is -0.264. The second-order valence-electron chi connectivity index (χ2n) is 5.60. The molecule has 7 nitrogen and oxygen atoms in total. The Hall–Kier alpha value is -2.37. The van der Waals surface area contributed by atoms with E-state index in [2.05, 4.69) is 17.1 Å². The van der Waals surface area contributed by atoms with Crippen molar-refractivity contribution in [1.29, 1.82) is 0 Å². The number of benzene rings is 1. The van der Waals surface area contributed by atoms with Crippen LogP contribution in [0.1, 0.15) is 11.3 Å². The second kappa shape index (κ2) is 8.33. The lowest BCUT2D eigenvalue weighted by molar-refractivity contribution is -0.137. The third kappa shape index (κ3) is 5.12. The molecule has 1 N–H and O–H groups in total. The molecule has 0 bridgehead atoms. The molecule has 1 amide bonds. The molecule has 0 saturated heterocycles. The van der Waals surface area contributed by atoms with E-state index in [9.17, 15) is 26.4 Å². The largest absolute Gasteiger partial charge is 0.417 e. The first-order chi connectivity index (χ1) is 12.9. The molecule has 2 rings (SSSR count). The summed E-state index contributed by atoms with van der Waals surface area (Å²) >= 11 is 5.52. The Labute approximate surface area is 163 Å². The number of carbonyl (C=O) groups excluding carboxylic acids is 1. The maximum absolute atomic E-state index is 13.0. The number of anilines is 1. The smallest absolute Gasteiger partial charge is 0.360 e. The van der Waals surface area contributed by atoms with Crippen LogP contribution >= 0.6 is 11.6 Å². The van der Waals surface area contributed by atoms with Gasteiger partial charge in [0.15, 0.2) is 5.82 Å². The Balaban J connectivity index is 2.31. The lowest BCUT2D eigenvalue weighted by Gasteiger charge is -2.21. The normalized spacial score (nSPS) is 12.2. The van der Waals surface area contributed by atoms with Crippen LogP contribution in [0.5, 0.6) is 0 Å². The van der Waals surface area contributed by atoms with Crippen LogP contribution in [0.4, 0.5) is 19.0 Å². The van der Waals surface area contributed by atoms with Gasteiger partial charge in [0.1, 0.15) is 5.76 Å². The van der Waals surface area contributed by atoms with Crippen LogP contribution in [0.3, 0.4) is 0 Å². The van der Waals surface area contributed by atoms with E-state index >= 15 is 0 Å². The number of hydrogen-bond donors (Lipinski definition) is 1.